The second-order valence-corrected chi connectivity index (χ2v) is 5.70. The van der Waals surface area contributed by atoms with Crippen LogP contribution in [0.25, 0.3) is 0 Å². The Hall–Kier alpha value is -1.35. The predicted molar refractivity (Wildman–Crippen MR) is 81.3 cm³/mol. The van der Waals surface area contributed by atoms with Gasteiger partial charge < -0.3 is 10.2 Å². The molecule has 104 valence electrons. The summed E-state index contributed by atoms with van der Waals surface area (Å²) in [5.74, 6) is 0.679. The molecular weight excluding hydrogens is 234 g/mol. The van der Waals surface area contributed by atoms with E-state index < -0.39 is 0 Å². The fourth-order valence-electron chi connectivity index (χ4n) is 2.29. The third-order valence-corrected chi connectivity index (χ3v) is 3.38. The molecule has 0 radical (unpaired) electrons. The summed E-state index contributed by atoms with van der Waals surface area (Å²) < 4.78 is 0. The van der Waals surface area contributed by atoms with Gasteiger partial charge in [0.05, 0.1) is 11.9 Å². The lowest BCUT2D eigenvalue weighted by Gasteiger charge is -2.25. The van der Waals surface area contributed by atoms with Crippen LogP contribution in [-0.4, -0.2) is 24.1 Å². The first-order valence-electron chi connectivity index (χ1n) is 7.23. The minimum absolute atomic E-state index is 0.679. The Kier molecular flexibility index (Phi) is 4.97. The molecule has 0 bridgehead atoms. The average Bonchev–Trinajstić information content (AvgIpc) is 3.21. The van der Waals surface area contributed by atoms with Crippen LogP contribution < -0.4 is 10.2 Å². The van der Waals surface area contributed by atoms with E-state index >= 15 is 0 Å². The van der Waals surface area contributed by atoms with E-state index in [1.165, 1.54) is 24.1 Å². The van der Waals surface area contributed by atoms with Crippen molar-refractivity contribution in [3.63, 3.8) is 0 Å². The van der Waals surface area contributed by atoms with Crippen molar-refractivity contribution in [2.24, 2.45) is 5.92 Å². The largest absolute Gasteiger partial charge is 0.363 e. The molecule has 1 aromatic heterocycles. The molecule has 1 heterocycles. The van der Waals surface area contributed by atoms with Gasteiger partial charge in [-0.3, -0.25) is 4.98 Å². The minimum atomic E-state index is 0.679. The van der Waals surface area contributed by atoms with E-state index in [2.05, 4.69) is 41.7 Å². The standard InChI is InChI=1S/C16H25N3/c1-4-9-19(15-5-6-15)16-12-17-8-7-14(16)11-18-10-13(2)3/h4,7-8,12-13,15,18H,1,5-6,9-11H2,2-3H3. The van der Waals surface area contributed by atoms with Crippen molar-refractivity contribution < 1.29 is 0 Å². The summed E-state index contributed by atoms with van der Waals surface area (Å²) in [5, 5.41) is 3.52. The lowest BCUT2D eigenvalue weighted by Crippen LogP contribution is -2.28. The second-order valence-electron chi connectivity index (χ2n) is 5.70. The van der Waals surface area contributed by atoms with Gasteiger partial charge in [0.15, 0.2) is 0 Å². The molecular formula is C16H25N3. The van der Waals surface area contributed by atoms with E-state index in [1.807, 2.05) is 18.5 Å². The van der Waals surface area contributed by atoms with Crippen molar-refractivity contribution >= 4 is 5.69 Å². The average molecular weight is 259 g/mol. The van der Waals surface area contributed by atoms with Gasteiger partial charge in [-0.2, -0.15) is 0 Å². The molecule has 0 spiro atoms. The first kappa shape index (κ1) is 14.1. The number of rotatable bonds is 8. The summed E-state index contributed by atoms with van der Waals surface area (Å²) in [4.78, 5) is 6.73. The number of hydrogen-bond acceptors (Lipinski definition) is 3. The lowest BCUT2D eigenvalue weighted by atomic mass is 10.1. The van der Waals surface area contributed by atoms with Crippen molar-refractivity contribution in [1.82, 2.24) is 10.3 Å². The highest BCUT2D eigenvalue weighted by atomic mass is 15.2. The minimum Gasteiger partial charge on any atom is -0.363 e. The van der Waals surface area contributed by atoms with Crippen molar-refractivity contribution in [2.45, 2.75) is 39.3 Å². The van der Waals surface area contributed by atoms with Gasteiger partial charge in [0.25, 0.3) is 0 Å². The molecule has 2 rings (SSSR count). The van der Waals surface area contributed by atoms with E-state index in [0.29, 0.717) is 12.0 Å². The van der Waals surface area contributed by atoms with Gasteiger partial charge in [0, 0.05) is 25.3 Å². The molecule has 0 aromatic carbocycles. The first-order valence-corrected chi connectivity index (χ1v) is 7.23. The zero-order valence-corrected chi connectivity index (χ0v) is 12.1. The Morgan fingerprint density at radius 2 is 2.32 bits per heavy atom. The summed E-state index contributed by atoms with van der Waals surface area (Å²) >= 11 is 0. The van der Waals surface area contributed by atoms with Crippen LogP contribution in [0, 0.1) is 5.92 Å². The van der Waals surface area contributed by atoms with Crippen LogP contribution in [0.1, 0.15) is 32.3 Å². The molecule has 3 heteroatoms. The van der Waals surface area contributed by atoms with Crippen LogP contribution >= 0.6 is 0 Å². The van der Waals surface area contributed by atoms with Gasteiger partial charge in [-0.1, -0.05) is 19.9 Å². The van der Waals surface area contributed by atoms with Crippen molar-refractivity contribution in [3.8, 4) is 0 Å². The number of nitrogens with one attached hydrogen (secondary N) is 1. The fraction of sp³-hybridized carbons (Fsp3) is 0.562. The van der Waals surface area contributed by atoms with Gasteiger partial charge in [0.2, 0.25) is 0 Å². The van der Waals surface area contributed by atoms with Crippen molar-refractivity contribution in [1.29, 1.82) is 0 Å². The molecule has 1 aliphatic rings. The highest BCUT2D eigenvalue weighted by molar-refractivity contribution is 5.54. The fourth-order valence-corrected chi connectivity index (χ4v) is 2.29. The third-order valence-electron chi connectivity index (χ3n) is 3.38. The van der Waals surface area contributed by atoms with Crippen LogP contribution in [0.4, 0.5) is 5.69 Å². The molecule has 1 fully saturated rings. The Balaban J connectivity index is 2.07. The maximum absolute atomic E-state index is 4.30. The zero-order chi connectivity index (χ0) is 13.7. The van der Waals surface area contributed by atoms with Crippen LogP contribution in [0.5, 0.6) is 0 Å². The van der Waals surface area contributed by atoms with Crippen LogP contribution in [0.2, 0.25) is 0 Å². The Bertz CT molecular complexity index is 410. The Morgan fingerprint density at radius 3 is 2.95 bits per heavy atom. The first-order chi connectivity index (χ1) is 9.22. The van der Waals surface area contributed by atoms with E-state index in [0.717, 1.165) is 19.6 Å². The Labute approximate surface area is 116 Å². The number of pyridine rings is 1. The maximum Gasteiger partial charge on any atom is 0.0603 e. The molecule has 3 nitrogen and oxygen atoms in total. The topological polar surface area (TPSA) is 28.2 Å². The quantitative estimate of drug-likeness (QED) is 0.727. The molecule has 0 saturated heterocycles. The van der Waals surface area contributed by atoms with Crippen molar-refractivity contribution in [3.05, 3.63) is 36.7 Å². The summed E-state index contributed by atoms with van der Waals surface area (Å²) in [6, 6.07) is 2.81. The number of anilines is 1. The zero-order valence-electron chi connectivity index (χ0n) is 12.1. The van der Waals surface area contributed by atoms with Crippen molar-refractivity contribution in [2.75, 3.05) is 18.0 Å². The highest BCUT2D eigenvalue weighted by Gasteiger charge is 2.29. The summed E-state index contributed by atoms with van der Waals surface area (Å²) in [7, 11) is 0. The van der Waals surface area contributed by atoms with E-state index in [1.54, 1.807) is 0 Å². The normalized spacial score (nSPS) is 14.7. The van der Waals surface area contributed by atoms with E-state index in [9.17, 15) is 0 Å². The molecule has 1 aliphatic carbocycles. The lowest BCUT2D eigenvalue weighted by molar-refractivity contribution is 0.552. The maximum atomic E-state index is 4.30. The number of aromatic nitrogens is 1. The molecule has 0 aliphatic heterocycles. The summed E-state index contributed by atoms with van der Waals surface area (Å²) in [5.41, 5.74) is 2.60. The number of hydrogen-bond donors (Lipinski definition) is 1. The second kappa shape index (κ2) is 6.71. The van der Waals surface area contributed by atoms with Crippen LogP contribution in [0.15, 0.2) is 31.1 Å². The third kappa shape index (κ3) is 4.06. The molecule has 0 atom stereocenters. The molecule has 19 heavy (non-hydrogen) atoms. The van der Waals surface area contributed by atoms with Gasteiger partial charge in [0.1, 0.15) is 0 Å². The molecule has 0 unspecified atom stereocenters. The van der Waals surface area contributed by atoms with Gasteiger partial charge >= 0.3 is 0 Å². The van der Waals surface area contributed by atoms with Gasteiger partial charge in [-0.15, -0.1) is 6.58 Å². The highest BCUT2D eigenvalue weighted by Crippen LogP contribution is 2.33. The van der Waals surface area contributed by atoms with Gasteiger partial charge in [-0.25, -0.2) is 0 Å². The molecule has 1 saturated carbocycles. The van der Waals surface area contributed by atoms with Crippen LogP contribution in [0.3, 0.4) is 0 Å². The summed E-state index contributed by atoms with van der Waals surface area (Å²) in [6.45, 7) is 11.2. The van der Waals surface area contributed by atoms with Crippen LogP contribution in [-0.2, 0) is 6.54 Å². The molecule has 0 amide bonds. The Morgan fingerprint density at radius 1 is 1.53 bits per heavy atom. The smallest absolute Gasteiger partial charge is 0.0603 e. The monoisotopic (exact) mass is 259 g/mol. The van der Waals surface area contributed by atoms with E-state index in [-0.39, 0.29) is 0 Å². The predicted octanol–water partition coefficient (Wildman–Crippen LogP) is 2.98. The SMILES string of the molecule is C=CCN(c1cnccc1CNCC(C)C)C1CC1. The molecule has 1 N–H and O–H groups in total. The van der Waals surface area contributed by atoms with E-state index in [4.69, 9.17) is 0 Å². The van der Waals surface area contributed by atoms with Gasteiger partial charge in [-0.05, 0) is 36.9 Å². The number of nitrogens with zero attached hydrogens (tertiary/aromatic N) is 2. The summed E-state index contributed by atoms with van der Waals surface area (Å²) in [6.07, 6.45) is 8.45. The molecule has 1 aromatic rings.